The summed E-state index contributed by atoms with van der Waals surface area (Å²) in [5.41, 5.74) is 9.49. The maximum absolute atomic E-state index is 14.1. The number of nitriles is 2. The van der Waals surface area contributed by atoms with E-state index in [-0.39, 0.29) is 5.82 Å². The highest BCUT2D eigenvalue weighted by molar-refractivity contribution is 6.11. The number of aromatic nitrogens is 4. The number of rotatable bonds is 6. The number of hydrogen-bond acceptors (Lipinski definition) is 5. The molecule has 0 fully saturated rings. The van der Waals surface area contributed by atoms with Crippen LogP contribution in [0, 0.1) is 28.5 Å². The quantitative estimate of drug-likeness (QED) is 0.173. The van der Waals surface area contributed by atoms with Gasteiger partial charge in [-0.2, -0.15) is 10.5 Å². The number of benzene rings is 7. The molecule has 0 spiro atoms. The summed E-state index contributed by atoms with van der Waals surface area (Å²) >= 11 is 0. The van der Waals surface area contributed by atoms with E-state index in [1.807, 2.05) is 97.1 Å². The second-order valence-corrected chi connectivity index (χ2v) is 12.8. The molecule has 0 bridgehead atoms. The van der Waals surface area contributed by atoms with E-state index >= 15 is 0 Å². The van der Waals surface area contributed by atoms with Crippen molar-refractivity contribution >= 4 is 21.8 Å². The molecular weight excluding hydrogens is 668 g/mol. The summed E-state index contributed by atoms with van der Waals surface area (Å²) < 4.78 is 16.3. The second-order valence-electron chi connectivity index (χ2n) is 12.8. The second kappa shape index (κ2) is 13.4. The van der Waals surface area contributed by atoms with E-state index in [2.05, 4.69) is 47.0 Å². The first-order chi connectivity index (χ1) is 26.6. The van der Waals surface area contributed by atoms with Crippen LogP contribution in [-0.2, 0) is 0 Å². The number of hydrogen-bond donors (Lipinski definition) is 0. The van der Waals surface area contributed by atoms with Crippen molar-refractivity contribution in [2.24, 2.45) is 0 Å². The van der Waals surface area contributed by atoms with Gasteiger partial charge in [-0.25, -0.2) is 19.3 Å². The molecule has 0 aliphatic carbocycles. The molecule has 0 atom stereocenters. The van der Waals surface area contributed by atoms with Crippen LogP contribution in [0.1, 0.15) is 11.1 Å². The third-order valence-corrected chi connectivity index (χ3v) is 9.61. The van der Waals surface area contributed by atoms with Crippen molar-refractivity contribution in [2.75, 3.05) is 0 Å². The largest absolute Gasteiger partial charge is 0.308 e. The van der Waals surface area contributed by atoms with Crippen LogP contribution < -0.4 is 0 Å². The Bertz CT molecular complexity index is 2900. The monoisotopic (exact) mass is 694 g/mol. The summed E-state index contributed by atoms with van der Waals surface area (Å²) in [5.74, 6) is 1.30. The zero-order valence-electron chi connectivity index (χ0n) is 28.6. The van der Waals surface area contributed by atoms with Gasteiger partial charge in [0.15, 0.2) is 17.5 Å². The van der Waals surface area contributed by atoms with Crippen molar-refractivity contribution in [3.63, 3.8) is 0 Å². The van der Waals surface area contributed by atoms with E-state index in [0.29, 0.717) is 28.6 Å². The first-order valence-electron chi connectivity index (χ1n) is 17.3. The first-order valence-corrected chi connectivity index (χ1v) is 17.3. The van der Waals surface area contributed by atoms with Crippen LogP contribution in [0.15, 0.2) is 164 Å². The average Bonchev–Trinajstić information content (AvgIpc) is 3.57. The van der Waals surface area contributed by atoms with E-state index in [1.54, 1.807) is 24.3 Å². The Morgan fingerprint density at radius 2 is 1.04 bits per heavy atom. The maximum Gasteiger partial charge on any atom is 0.166 e. The molecule has 0 aliphatic heterocycles. The van der Waals surface area contributed by atoms with Crippen LogP contribution in [0.3, 0.4) is 0 Å². The van der Waals surface area contributed by atoms with Crippen LogP contribution in [0.4, 0.5) is 4.39 Å². The van der Waals surface area contributed by atoms with Gasteiger partial charge in [0.2, 0.25) is 0 Å². The normalized spacial score (nSPS) is 11.0. The minimum Gasteiger partial charge on any atom is -0.308 e. The minimum atomic E-state index is -0.303. The van der Waals surface area contributed by atoms with Crippen LogP contribution >= 0.6 is 0 Å². The zero-order chi connectivity index (χ0) is 36.6. The van der Waals surface area contributed by atoms with E-state index in [9.17, 15) is 14.9 Å². The van der Waals surface area contributed by atoms with Gasteiger partial charge in [0.05, 0.1) is 40.0 Å². The minimum absolute atomic E-state index is 0.303. The van der Waals surface area contributed by atoms with Crippen molar-refractivity contribution in [2.45, 2.75) is 0 Å². The fourth-order valence-electron chi connectivity index (χ4n) is 7.01. The van der Waals surface area contributed by atoms with E-state index in [1.165, 1.54) is 12.1 Å². The van der Waals surface area contributed by atoms with Crippen molar-refractivity contribution in [1.29, 1.82) is 10.5 Å². The molecule has 6 nitrogen and oxygen atoms in total. The Hall–Kier alpha value is -7.74. The molecule has 7 heteroatoms. The van der Waals surface area contributed by atoms with Crippen LogP contribution in [0.25, 0.3) is 83.9 Å². The molecule has 2 heterocycles. The van der Waals surface area contributed by atoms with Gasteiger partial charge >= 0.3 is 0 Å². The molecule has 9 aromatic rings. The van der Waals surface area contributed by atoms with E-state index in [0.717, 1.165) is 66.4 Å². The number of fused-ring (bicyclic) bond motifs is 3. The Morgan fingerprint density at radius 1 is 0.444 bits per heavy atom. The molecule has 0 amide bonds. The number of halogens is 1. The molecule has 0 unspecified atom stereocenters. The fourth-order valence-corrected chi connectivity index (χ4v) is 7.01. The Morgan fingerprint density at radius 3 is 1.72 bits per heavy atom. The summed E-state index contributed by atoms with van der Waals surface area (Å²) in [6.07, 6.45) is 0. The highest BCUT2D eigenvalue weighted by atomic mass is 19.1. The lowest BCUT2D eigenvalue weighted by atomic mass is 9.97. The number of para-hydroxylation sites is 1. The van der Waals surface area contributed by atoms with E-state index in [4.69, 9.17) is 15.0 Å². The zero-order valence-corrected chi connectivity index (χ0v) is 28.6. The van der Waals surface area contributed by atoms with Gasteiger partial charge in [-0.15, -0.1) is 0 Å². The van der Waals surface area contributed by atoms with Gasteiger partial charge < -0.3 is 4.57 Å². The van der Waals surface area contributed by atoms with Crippen molar-refractivity contribution in [1.82, 2.24) is 19.5 Å². The molecule has 54 heavy (non-hydrogen) atoms. The highest BCUT2D eigenvalue weighted by Gasteiger charge is 2.21. The predicted octanol–water partition coefficient (Wildman–Crippen LogP) is 11.2. The molecule has 0 aliphatic rings. The molecule has 252 valence electrons. The summed E-state index contributed by atoms with van der Waals surface area (Å²) in [4.78, 5) is 15.1. The Kier molecular flexibility index (Phi) is 8.00. The fraction of sp³-hybridized carbons (Fsp3) is 0. The number of nitrogens with zero attached hydrogens (tertiary/aromatic N) is 6. The lowest BCUT2D eigenvalue weighted by Gasteiger charge is -2.16. The molecule has 0 saturated carbocycles. The van der Waals surface area contributed by atoms with Gasteiger partial charge in [-0.3, -0.25) is 0 Å². The summed E-state index contributed by atoms with van der Waals surface area (Å²) in [6.45, 7) is 0. The maximum atomic E-state index is 14.1. The summed E-state index contributed by atoms with van der Waals surface area (Å²) in [6, 6.07) is 56.4. The van der Waals surface area contributed by atoms with Gasteiger partial charge in [0.1, 0.15) is 5.82 Å². The van der Waals surface area contributed by atoms with Crippen LogP contribution in [0.5, 0.6) is 0 Å². The van der Waals surface area contributed by atoms with Gasteiger partial charge in [0.25, 0.3) is 0 Å². The summed E-state index contributed by atoms with van der Waals surface area (Å²) in [7, 11) is 0. The third-order valence-electron chi connectivity index (χ3n) is 9.61. The SMILES string of the molecule is N#Cc1ccc(-c2ccc3c(c2)c2ccccc2n3-c2cc(-c3ccc(F)cc3)ccc2-c2nc(-c3ccccc3)nc(-c3ccccc3)n2)c(C#N)c1. The highest BCUT2D eigenvalue weighted by Crippen LogP contribution is 2.40. The van der Waals surface area contributed by atoms with Crippen LogP contribution in [-0.4, -0.2) is 19.5 Å². The molecular formula is C47H27FN6. The van der Waals surface area contributed by atoms with E-state index < -0.39 is 0 Å². The lowest BCUT2D eigenvalue weighted by Crippen LogP contribution is -2.04. The Labute approximate surface area is 310 Å². The summed E-state index contributed by atoms with van der Waals surface area (Å²) in [5, 5.41) is 21.5. The van der Waals surface area contributed by atoms with Gasteiger partial charge in [0, 0.05) is 27.5 Å². The Balaban J connectivity index is 1.33. The van der Waals surface area contributed by atoms with Crippen molar-refractivity contribution in [3.8, 4) is 74.2 Å². The van der Waals surface area contributed by atoms with Crippen molar-refractivity contribution in [3.05, 3.63) is 181 Å². The van der Waals surface area contributed by atoms with Gasteiger partial charge in [-0.05, 0) is 76.9 Å². The van der Waals surface area contributed by atoms with Crippen LogP contribution in [0.2, 0.25) is 0 Å². The lowest BCUT2D eigenvalue weighted by molar-refractivity contribution is 0.628. The predicted molar refractivity (Wildman–Crippen MR) is 211 cm³/mol. The molecule has 2 aromatic heterocycles. The molecule has 9 rings (SSSR count). The molecule has 0 radical (unpaired) electrons. The standard InChI is InChI=1S/C47H27FN6/c48-37-20-16-31(17-21-37)34-18-23-40(47-52-45(32-9-3-1-4-10-32)51-46(53-47)33-11-5-2-6-12-33)44(27-34)54-42-14-8-7-13-39(42)41-26-35(19-24-43(41)54)38-22-15-30(28-49)25-36(38)29-50/h1-27H. The molecule has 7 aromatic carbocycles. The smallest absolute Gasteiger partial charge is 0.166 e. The first kappa shape index (κ1) is 32.2. The molecule has 0 saturated heterocycles. The molecule has 0 N–H and O–H groups in total. The third kappa shape index (κ3) is 5.73. The average molecular weight is 695 g/mol. The topological polar surface area (TPSA) is 91.2 Å². The van der Waals surface area contributed by atoms with Crippen molar-refractivity contribution < 1.29 is 4.39 Å². The van der Waals surface area contributed by atoms with Gasteiger partial charge in [-0.1, -0.05) is 109 Å².